The van der Waals surface area contributed by atoms with Gasteiger partial charge in [0.25, 0.3) is 0 Å². The summed E-state index contributed by atoms with van der Waals surface area (Å²) in [5.41, 5.74) is 0. The van der Waals surface area contributed by atoms with Crippen molar-refractivity contribution in [1.82, 2.24) is 9.97 Å². The summed E-state index contributed by atoms with van der Waals surface area (Å²) < 4.78 is 0. The highest BCUT2D eigenvalue weighted by atomic mass is 15.1. The van der Waals surface area contributed by atoms with Gasteiger partial charge in [0.15, 0.2) is 0 Å². The average molecular weight is 276 g/mol. The van der Waals surface area contributed by atoms with E-state index in [0.29, 0.717) is 0 Å². The second-order valence-corrected chi connectivity index (χ2v) is 5.88. The maximum Gasteiger partial charge on any atom is 0.133 e. The minimum Gasteiger partial charge on any atom is -0.370 e. The molecule has 4 heteroatoms. The molecule has 0 aromatic carbocycles. The highest BCUT2D eigenvalue weighted by molar-refractivity contribution is 5.47. The highest BCUT2D eigenvalue weighted by Gasteiger charge is 2.23. The van der Waals surface area contributed by atoms with Gasteiger partial charge < -0.3 is 10.6 Å². The molecule has 2 atom stereocenters. The first-order valence-corrected chi connectivity index (χ1v) is 8.08. The van der Waals surface area contributed by atoms with Gasteiger partial charge in [-0.2, -0.15) is 0 Å². The first kappa shape index (κ1) is 15.1. The number of aromatic nitrogens is 2. The Hall–Kier alpha value is -1.32. The smallest absolute Gasteiger partial charge is 0.133 e. The van der Waals surface area contributed by atoms with Gasteiger partial charge in [0.2, 0.25) is 0 Å². The molecule has 20 heavy (non-hydrogen) atoms. The standard InChI is InChI=1S/C16H28N4/c1-4-7-14-19-15(17-5-2)10-16(20-14)18-11-13-9-6-8-12(13)3/h10,12-13H,4-9,11H2,1-3H3,(H2,17,18,19,20). The van der Waals surface area contributed by atoms with Crippen LogP contribution in [0.3, 0.4) is 0 Å². The molecule has 1 aromatic heterocycles. The lowest BCUT2D eigenvalue weighted by molar-refractivity contribution is 0.439. The van der Waals surface area contributed by atoms with Gasteiger partial charge in [-0.05, 0) is 31.6 Å². The third kappa shape index (κ3) is 4.09. The highest BCUT2D eigenvalue weighted by Crippen LogP contribution is 2.31. The lowest BCUT2D eigenvalue weighted by Crippen LogP contribution is -2.18. The Labute approximate surface area is 122 Å². The predicted octanol–water partition coefficient (Wildman–Crippen LogP) is 3.71. The van der Waals surface area contributed by atoms with E-state index in [4.69, 9.17) is 0 Å². The molecule has 0 saturated heterocycles. The van der Waals surface area contributed by atoms with Crippen LogP contribution < -0.4 is 10.6 Å². The summed E-state index contributed by atoms with van der Waals surface area (Å²) in [6.45, 7) is 8.55. The van der Waals surface area contributed by atoms with E-state index in [2.05, 4.69) is 41.4 Å². The van der Waals surface area contributed by atoms with Crippen molar-refractivity contribution in [1.29, 1.82) is 0 Å². The number of nitrogens with one attached hydrogen (secondary N) is 2. The number of nitrogens with zero attached hydrogens (tertiary/aromatic N) is 2. The summed E-state index contributed by atoms with van der Waals surface area (Å²) in [4.78, 5) is 9.17. The molecule has 1 aliphatic rings. The van der Waals surface area contributed by atoms with Crippen LogP contribution in [0.4, 0.5) is 11.6 Å². The third-order valence-corrected chi connectivity index (χ3v) is 4.19. The lowest BCUT2D eigenvalue weighted by atomic mass is 9.98. The van der Waals surface area contributed by atoms with E-state index in [1.165, 1.54) is 19.3 Å². The Morgan fingerprint density at radius 2 is 1.90 bits per heavy atom. The molecule has 1 aromatic rings. The van der Waals surface area contributed by atoms with Crippen LogP contribution >= 0.6 is 0 Å². The van der Waals surface area contributed by atoms with Crippen molar-refractivity contribution >= 4 is 11.6 Å². The van der Waals surface area contributed by atoms with E-state index >= 15 is 0 Å². The van der Waals surface area contributed by atoms with Gasteiger partial charge >= 0.3 is 0 Å². The summed E-state index contributed by atoms with van der Waals surface area (Å²) in [7, 11) is 0. The number of hydrogen-bond acceptors (Lipinski definition) is 4. The summed E-state index contributed by atoms with van der Waals surface area (Å²) in [6.07, 6.45) is 6.12. The molecule has 0 amide bonds. The molecule has 2 N–H and O–H groups in total. The van der Waals surface area contributed by atoms with Crippen LogP contribution in [0.15, 0.2) is 6.07 Å². The minimum atomic E-state index is 0.794. The SMILES string of the molecule is CCCc1nc(NCC)cc(NCC2CCCC2C)n1. The quantitative estimate of drug-likeness (QED) is 0.797. The fourth-order valence-corrected chi connectivity index (χ4v) is 2.96. The molecule has 2 rings (SSSR count). The van der Waals surface area contributed by atoms with Gasteiger partial charge in [-0.3, -0.25) is 0 Å². The molecule has 1 aliphatic carbocycles. The Bertz CT molecular complexity index is 395. The van der Waals surface area contributed by atoms with E-state index in [1.54, 1.807) is 0 Å². The van der Waals surface area contributed by atoms with Crippen LogP contribution in [0.5, 0.6) is 0 Å². The number of rotatable bonds is 7. The van der Waals surface area contributed by atoms with Crippen molar-refractivity contribution in [3.8, 4) is 0 Å². The molecule has 1 saturated carbocycles. The Kier molecular flexibility index (Phi) is 5.62. The summed E-state index contributed by atoms with van der Waals surface area (Å²) in [5, 5.41) is 6.82. The lowest BCUT2D eigenvalue weighted by Gasteiger charge is -2.17. The second-order valence-electron chi connectivity index (χ2n) is 5.88. The average Bonchev–Trinajstić information content (AvgIpc) is 2.83. The van der Waals surface area contributed by atoms with Crippen LogP contribution in [0.1, 0.15) is 52.3 Å². The molecule has 1 heterocycles. The predicted molar refractivity (Wildman–Crippen MR) is 85.2 cm³/mol. The van der Waals surface area contributed by atoms with Crippen LogP contribution in [-0.2, 0) is 6.42 Å². The van der Waals surface area contributed by atoms with Crippen molar-refractivity contribution in [3.63, 3.8) is 0 Å². The van der Waals surface area contributed by atoms with E-state index in [0.717, 1.165) is 55.2 Å². The van der Waals surface area contributed by atoms with Gasteiger partial charge in [0, 0.05) is 25.6 Å². The molecular weight excluding hydrogens is 248 g/mol. The van der Waals surface area contributed by atoms with Crippen LogP contribution in [0.2, 0.25) is 0 Å². The third-order valence-electron chi connectivity index (χ3n) is 4.19. The van der Waals surface area contributed by atoms with E-state index in [-0.39, 0.29) is 0 Å². The van der Waals surface area contributed by atoms with Crippen molar-refractivity contribution in [2.24, 2.45) is 11.8 Å². The number of anilines is 2. The van der Waals surface area contributed by atoms with Crippen molar-refractivity contribution < 1.29 is 0 Å². The number of aryl methyl sites for hydroxylation is 1. The molecule has 112 valence electrons. The zero-order valence-electron chi connectivity index (χ0n) is 13.1. The fourth-order valence-electron chi connectivity index (χ4n) is 2.96. The van der Waals surface area contributed by atoms with Gasteiger partial charge in [0.1, 0.15) is 17.5 Å². The largest absolute Gasteiger partial charge is 0.370 e. The first-order chi connectivity index (χ1) is 9.72. The molecular formula is C16H28N4. The first-order valence-electron chi connectivity index (χ1n) is 8.08. The van der Waals surface area contributed by atoms with Crippen molar-refractivity contribution in [2.75, 3.05) is 23.7 Å². The monoisotopic (exact) mass is 276 g/mol. The van der Waals surface area contributed by atoms with Gasteiger partial charge in [-0.25, -0.2) is 9.97 Å². The summed E-state index contributed by atoms with van der Waals surface area (Å²) in [5.74, 6) is 4.48. The van der Waals surface area contributed by atoms with Gasteiger partial charge in [-0.1, -0.05) is 26.7 Å². The van der Waals surface area contributed by atoms with E-state index in [1.807, 2.05) is 6.07 Å². The molecule has 0 spiro atoms. The Balaban J connectivity index is 2.01. The van der Waals surface area contributed by atoms with Crippen molar-refractivity contribution in [3.05, 3.63) is 11.9 Å². The number of hydrogen-bond donors (Lipinski definition) is 2. The van der Waals surface area contributed by atoms with E-state index in [9.17, 15) is 0 Å². The van der Waals surface area contributed by atoms with Crippen molar-refractivity contribution in [2.45, 2.75) is 52.9 Å². The molecule has 0 radical (unpaired) electrons. The van der Waals surface area contributed by atoms with E-state index < -0.39 is 0 Å². The maximum atomic E-state index is 4.63. The summed E-state index contributed by atoms with van der Waals surface area (Å²) >= 11 is 0. The molecule has 2 unspecified atom stereocenters. The van der Waals surface area contributed by atoms with Crippen LogP contribution in [0.25, 0.3) is 0 Å². The second kappa shape index (κ2) is 7.46. The zero-order valence-corrected chi connectivity index (χ0v) is 13.1. The summed E-state index contributed by atoms with van der Waals surface area (Å²) in [6, 6.07) is 2.03. The maximum absolute atomic E-state index is 4.63. The molecule has 0 aliphatic heterocycles. The Morgan fingerprint density at radius 3 is 2.50 bits per heavy atom. The van der Waals surface area contributed by atoms with Gasteiger partial charge in [-0.15, -0.1) is 0 Å². The fraction of sp³-hybridized carbons (Fsp3) is 0.750. The Morgan fingerprint density at radius 1 is 1.15 bits per heavy atom. The topological polar surface area (TPSA) is 49.8 Å². The molecule has 0 bridgehead atoms. The van der Waals surface area contributed by atoms with Crippen LogP contribution in [0, 0.1) is 11.8 Å². The normalized spacial score (nSPS) is 21.9. The zero-order chi connectivity index (χ0) is 14.4. The minimum absolute atomic E-state index is 0.794. The van der Waals surface area contributed by atoms with Gasteiger partial charge in [0.05, 0.1) is 0 Å². The van der Waals surface area contributed by atoms with Crippen LogP contribution in [-0.4, -0.2) is 23.1 Å². The molecule has 1 fully saturated rings. The molecule has 4 nitrogen and oxygen atoms in total.